The van der Waals surface area contributed by atoms with Crippen LogP contribution in [0.2, 0.25) is 0 Å². The van der Waals surface area contributed by atoms with E-state index in [-0.39, 0.29) is 18.0 Å². The normalized spacial score (nSPS) is 20.0. The maximum absolute atomic E-state index is 13.0. The summed E-state index contributed by atoms with van der Waals surface area (Å²) in [4.78, 5) is 43.9. The van der Waals surface area contributed by atoms with Gasteiger partial charge in [0.1, 0.15) is 6.04 Å². The third-order valence-electron chi connectivity index (χ3n) is 7.16. The first-order chi connectivity index (χ1) is 16.4. The fraction of sp³-hybridized carbons (Fsp3) is 0.440. The third kappa shape index (κ3) is 4.11. The Morgan fingerprint density at radius 1 is 1.06 bits per heavy atom. The van der Waals surface area contributed by atoms with E-state index in [4.69, 9.17) is 0 Å². The van der Waals surface area contributed by atoms with Gasteiger partial charge in [-0.25, -0.2) is 4.79 Å². The first-order valence-electron chi connectivity index (χ1n) is 11.8. The van der Waals surface area contributed by atoms with Gasteiger partial charge in [0.25, 0.3) is 0 Å². The van der Waals surface area contributed by atoms with Crippen molar-refractivity contribution in [2.75, 3.05) is 25.5 Å². The number of nitrogens with zero attached hydrogens (tertiary/aromatic N) is 4. The number of carbonyl (C=O) groups excluding carboxylic acids is 2. The first-order valence-corrected chi connectivity index (χ1v) is 11.8. The number of nitrogens with one attached hydrogen (secondary N) is 2. The van der Waals surface area contributed by atoms with Crippen LogP contribution in [0, 0.1) is 0 Å². The van der Waals surface area contributed by atoms with E-state index in [0.717, 1.165) is 60.5 Å². The van der Waals surface area contributed by atoms with E-state index in [0.29, 0.717) is 12.3 Å². The van der Waals surface area contributed by atoms with Crippen LogP contribution in [0.25, 0.3) is 11.0 Å². The lowest BCUT2D eigenvalue weighted by Gasteiger charge is -2.31. The number of piperidine rings is 2. The number of imide groups is 1. The van der Waals surface area contributed by atoms with E-state index in [9.17, 15) is 14.4 Å². The van der Waals surface area contributed by atoms with Crippen LogP contribution < -0.4 is 16.3 Å². The predicted molar refractivity (Wildman–Crippen MR) is 130 cm³/mol. The van der Waals surface area contributed by atoms with E-state index >= 15 is 0 Å². The second-order valence-corrected chi connectivity index (χ2v) is 9.27. The summed E-state index contributed by atoms with van der Waals surface area (Å²) in [5.41, 5.74) is 4.61. The molecule has 2 N–H and O–H groups in total. The largest absolute Gasteiger partial charge is 0.387 e. The number of aryl methyl sites for hydroxylation is 1. The zero-order chi connectivity index (χ0) is 23.8. The number of carbonyl (C=O) groups is 2. The van der Waals surface area contributed by atoms with Crippen molar-refractivity contribution in [3.63, 3.8) is 0 Å². The number of pyridine rings is 1. The standard InChI is InChI=1S/C25H30N6O3/c1-26-18-4-5-19(27-14-18)17-9-11-30(12-10-17)15-16-3-6-20-22(13-16)29(2)25(34)31(20)21-7-8-23(32)28-24(21)33/h3-6,13-14,17,21,26H,7-12,15H2,1-2H3,(H,28,32,33). The minimum absolute atomic E-state index is 0.237. The van der Waals surface area contributed by atoms with Crippen LogP contribution in [0.5, 0.6) is 0 Å². The van der Waals surface area contributed by atoms with Gasteiger partial charge in [0, 0.05) is 38.7 Å². The molecule has 2 amide bonds. The molecule has 1 atom stereocenters. The molecule has 4 heterocycles. The van der Waals surface area contributed by atoms with E-state index < -0.39 is 11.9 Å². The molecular weight excluding hydrogens is 432 g/mol. The van der Waals surface area contributed by atoms with Gasteiger partial charge in [-0.05, 0) is 62.2 Å². The van der Waals surface area contributed by atoms with E-state index in [2.05, 4.69) is 32.7 Å². The van der Waals surface area contributed by atoms with Crippen LogP contribution in [0.15, 0.2) is 41.3 Å². The highest BCUT2D eigenvalue weighted by atomic mass is 16.2. The molecule has 0 bridgehead atoms. The highest BCUT2D eigenvalue weighted by Gasteiger charge is 2.31. The summed E-state index contributed by atoms with van der Waals surface area (Å²) in [5.74, 6) is -0.216. The summed E-state index contributed by atoms with van der Waals surface area (Å²) in [6, 6.07) is 9.55. The summed E-state index contributed by atoms with van der Waals surface area (Å²) in [6.07, 6.45) is 4.61. The Kier molecular flexibility index (Phi) is 5.95. The lowest BCUT2D eigenvalue weighted by atomic mass is 9.92. The van der Waals surface area contributed by atoms with Crippen LogP contribution in [-0.2, 0) is 23.2 Å². The van der Waals surface area contributed by atoms with Gasteiger partial charge < -0.3 is 5.32 Å². The molecule has 0 aliphatic carbocycles. The number of imidazole rings is 1. The van der Waals surface area contributed by atoms with Gasteiger partial charge in [-0.1, -0.05) is 6.07 Å². The summed E-state index contributed by atoms with van der Waals surface area (Å²) < 4.78 is 3.12. The molecule has 2 aliphatic rings. The smallest absolute Gasteiger partial charge is 0.329 e. The van der Waals surface area contributed by atoms with Crippen molar-refractivity contribution < 1.29 is 9.59 Å². The van der Waals surface area contributed by atoms with Crippen LogP contribution in [0.4, 0.5) is 5.69 Å². The molecule has 2 aliphatic heterocycles. The molecule has 2 aromatic heterocycles. The Morgan fingerprint density at radius 2 is 1.85 bits per heavy atom. The minimum Gasteiger partial charge on any atom is -0.387 e. The number of anilines is 1. The van der Waals surface area contributed by atoms with Crippen molar-refractivity contribution in [3.05, 3.63) is 58.3 Å². The molecule has 0 saturated carbocycles. The number of rotatable bonds is 5. The van der Waals surface area contributed by atoms with Crippen LogP contribution in [-0.4, -0.2) is 51.0 Å². The Hall–Kier alpha value is -3.46. The zero-order valence-corrected chi connectivity index (χ0v) is 19.6. The quantitative estimate of drug-likeness (QED) is 0.564. The highest BCUT2D eigenvalue weighted by Crippen LogP contribution is 2.29. The van der Waals surface area contributed by atoms with Gasteiger partial charge in [0.15, 0.2) is 0 Å². The molecule has 34 heavy (non-hydrogen) atoms. The number of hydrogen-bond donors (Lipinski definition) is 2. The Balaban J connectivity index is 1.30. The summed E-state index contributed by atoms with van der Waals surface area (Å²) >= 11 is 0. The molecule has 1 aromatic carbocycles. The Labute approximate surface area is 197 Å². The zero-order valence-electron chi connectivity index (χ0n) is 19.6. The van der Waals surface area contributed by atoms with Crippen LogP contribution in [0.3, 0.4) is 0 Å². The summed E-state index contributed by atoms with van der Waals surface area (Å²) in [7, 11) is 3.63. The Bertz CT molecular complexity index is 1280. The van der Waals surface area contributed by atoms with Crippen molar-refractivity contribution in [2.45, 2.75) is 44.2 Å². The average molecular weight is 463 g/mol. The Morgan fingerprint density at radius 3 is 2.53 bits per heavy atom. The van der Waals surface area contributed by atoms with E-state index in [1.807, 2.05) is 31.4 Å². The SMILES string of the molecule is CNc1ccc(C2CCN(Cc3ccc4c(c3)n(C)c(=O)n4C3CCC(=O)NC3=O)CC2)nc1. The predicted octanol–water partition coefficient (Wildman–Crippen LogP) is 2.13. The van der Waals surface area contributed by atoms with Gasteiger partial charge in [0.2, 0.25) is 11.8 Å². The molecule has 9 heteroatoms. The number of likely N-dealkylation sites (tertiary alicyclic amines) is 1. The first kappa shape index (κ1) is 22.3. The molecule has 0 spiro atoms. The van der Waals surface area contributed by atoms with Gasteiger partial charge in [-0.15, -0.1) is 0 Å². The molecule has 1 unspecified atom stereocenters. The molecular formula is C25H30N6O3. The van der Waals surface area contributed by atoms with Crippen molar-refractivity contribution in [1.29, 1.82) is 0 Å². The van der Waals surface area contributed by atoms with Gasteiger partial charge in [0.05, 0.1) is 22.9 Å². The number of amides is 2. The van der Waals surface area contributed by atoms with Crippen molar-refractivity contribution in [1.82, 2.24) is 24.3 Å². The van der Waals surface area contributed by atoms with Crippen molar-refractivity contribution >= 4 is 28.5 Å². The third-order valence-corrected chi connectivity index (χ3v) is 7.16. The number of aromatic nitrogens is 3. The minimum atomic E-state index is -0.658. The topological polar surface area (TPSA) is 101 Å². The van der Waals surface area contributed by atoms with E-state index in [1.165, 1.54) is 4.57 Å². The van der Waals surface area contributed by atoms with Crippen molar-refractivity contribution in [3.8, 4) is 0 Å². The molecule has 2 fully saturated rings. The number of fused-ring (bicyclic) bond motifs is 1. The highest BCUT2D eigenvalue weighted by molar-refractivity contribution is 6.00. The molecule has 2 saturated heterocycles. The molecule has 9 nitrogen and oxygen atoms in total. The van der Waals surface area contributed by atoms with Gasteiger partial charge in [-0.2, -0.15) is 0 Å². The number of benzene rings is 1. The lowest BCUT2D eigenvalue weighted by Crippen LogP contribution is -2.44. The lowest BCUT2D eigenvalue weighted by molar-refractivity contribution is -0.135. The molecule has 178 valence electrons. The van der Waals surface area contributed by atoms with Gasteiger partial charge in [-0.3, -0.25) is 33.9 Å². The van der Waals surface area contributed by atoms with Crippen LogP contribution >= 0.6 is 0 Å². The monoisotopic (exact) mass is 462 g/mol. The maximum Gasteiger partial charge on any atom is 0.329 e. The molecule has 5 rings (SSSR count). The van der Waals surface area contributed by atoms with E-state index in [1.54, 1.807) is 11.6 Å². The maximum atomic E-state index is 13.0. The summed E-state index contributed by atoms with van der Waals surface area (Å²) in [6.45, 7) is 2.80. The molecule has 3 aromatic rings. The van der Waals surface area contributed by atoms with Crippen LogP contribution in [0.1, 0.15) is 48.9 Å². The second-order valence-electron chi connectivity index (χ2n) is 9.27. The number of hydrogen-bond acceptors (Lipinski definition) is 6. The summed E-state index contributed by atoms with van der Waals surface area (Å²) in [5, 5.41) is 5.46. The fourth-order valence-electron chi connectivity index (χ4n) is 5.18. The van der Waals surface area contributed by atoms with Crippen molar-refractivity contribution in [2.24, 2.45) is 7.05 Å². The average Bonchev–Trinajstić information content (AvgIpc) is 3.09. The molecule has 0 radical (unpaired) electrons. The fourth-order valence-corrected chi connectivity index (χ4v) is 5.18. The second kappa shape index (κ2) is 9.06. The van der Waals surface area contributed by atoms with Gasteiger partial charge >= 0.3 is 5.69 Å².